The fourth-order valence-corrected chi connectivity index (χ4v) is 3.07. The quantitative estimate of drug-likeness (QED) is 0.867. The summed E-state index contributed by atoms with van der Waals surface area (Å²) in [6.45, 7) is 5.98. The standard InChI is InChI=1S/C17H26N2O/c1-13(2)14(9-11-18)7-8-17(20)19-12-10-15-5-3-4-6-16(15)19/h3-6,13-14H,7-12,18H2,1-2H3. The fourth-order valence-electron chi connectivity index (χ4n) is 3.07. The molecule has 3 nitrogen and oxygen atoms in total. The van der Waals surface area contributed by atoms with E-state index in [2.05, 4.69) is 26.0 Å². The Hall–Kier alpha value is -1.35. The number of nitrogens with zero attached hydrogens (tertiary/aromatic N) is 1. The minimum atomic E-state index is 0.262. The zero-order chi connectivity index (χ0) is 14.5. The highest BCUT2D eigenvalue weighted by molar-refractivity contribution is 5.95. The van der Waals surface area contributed by atoms with E-state index in [-0.39, 0.29) is 5.91 Å². The van der Waals surface area contributed by atoms with Crippen LogP contribution in [0.2, 0.25) is 0 Å². The van der Waals surface area contributed by atoms with Crippen LogP contribution in [0.1, 0.15) is 38.7 Å². The van der Waals surface area contributed by atoms with Crippen LogP contribution in [0.25, 0.3) is 0 Å². The molecular weight excluding hydrogens is 248 g/mol. The minimum absolute atomic E-state index is 0.262. The van der Waals surface area contributed by atoms with E-state index in [0.29, 0.717) is 24.8 Å². The Morgan fingerprint density at radius 2 is 2.05 bits per heavy atom. The molecule has 0 saturated carbocycles. The molecule has 0 radical (unpaired) electrons. The van der Waals surface area contributed by atoms with Gasteiger partial charge in [-0.05, 0) is 49.3 Å². The van der Waals surface area contributed by atoms with Crippen LogP contribution in [0, 0.1) is 11.8 Å². The predicted octanol–water partition coefficient (Wildman–Crippen LogP) is 2.98. The third kappa shape index (κ3) is 3.40. The molecule has 1 amide bonds. The molecule has 0 aromatic heterocycles. The summed E-state index contributed by atoms with van der Waals surface area (Å²) < 4.78 is 0. The molecule has 1 aliphatic rings. The van der Waals surface area contributed by atoms with E-state index in [1.165, 1.54) is 5.56 Å². The summed E-state index contributed by atoms with van der Waals surface area (Å²) in [7, 11) is 0. The van der Waals surface area contributed by atoms with Crippen LogP contribution >= 0.6 is 0 Å². The van der Waals surface area contributed by atoms with Crippen LogP contribution < -0.4 is 10.6 Å². The number of carbonyl (C=O) groups is 1. The van der Waals surface area contributed by atoms with Crippen LogP contribution in [-0.2, 0) is 11.2 Å². The van der Waals surface area contributed by atoms with Crippen molar-refractivity contribution in [2.24, 2.45) is 17.6 Å². The number of hydrogen-bond acceptors (Lipinski definition) is 2. The highest BCUT2D eigenvalue weighted by atomic mass is 16.2. The lowest BCUT2D eigenvalue weighted by molar-refractivity contribution is -0.118. The van der Waals surface area contributed by atoms with Gasteiger partial charge in [0, 0.05) is 18.7 Å². The molecule has 0 spiro atoms. The van der Waals surface area contributed by atoms with Crippen LogP contribution in [0.4, 0.5) is 5.69 Å². The van der Waals surface area contributed by atoms with Gasteiger partial charge in [0.2, 0.25) is 5.91 Å². The molecule has 0 saturated heterocycles. The molecule has 1 aromatic carbocycles. The highest BCUT2D eigenvalue weighted by Crippen LogP contribution is 2.29. The Labute approximate surface area is 122 Å². The van der Waals surface area contributed by atoms with Gasteiger partial charge in [-0.3, -0.25) is 4.79 Å². The van der Waals surface area contributed by atoms with E-state index in [9.17, 15) is 4.79 Å². The Kier molecular flexibility index (Phi) is 5.18. The minimum Gasteiger partial charge on any atom is -0.330 e. The first kappa shape index (κ1) is 15.0. The molecule has 2 rings (SSSR count). The molecule has 20 heavy (non-hydrogen) atoms. The van der Waals surface area contributed by atoms with Crippen molar-refractivity contribution in [3.63, 3.8) is 0 Å². The summed E-state index contributed by atoms with van der Waals surface area (Å²) >= 11 is 0. The average Bonchev–Trinajstić information content (AvgIpc) is 2.86. The molecule has 1 heterocycles. The van der Waals surface area contributed by atoms with Gasteiger partial charge in [0.05, 0.1) is 0 Å². The number of nitrogens with two attached hydrogens (primary N) is 1. The van der Waals surface area contributed by atoms with Gasteiger partial charge in [-0.15, -0.1) is 0 Å². The summed E-state index contributed by atoms with van der Waals surface area (Å²) in [6.07, 6.45) is 3.59. The van der Waals surface area contributed by atoms with Crippen molar-refractivity contribution >= 4 is 11.6 Å². The largest absolute Gasteiger partial charge is 0.330 e. The number of fused-ring (bicyclic) bond motifs is 1. The summed E-state index contributed by atoms with van der Waals surface area (Å²) in [4.78, 5) is 14.4. The van der Waals surface area contributed by atoms with Crippen LogP contribution in [-0.4, -0.2) is 19.0 Å². The van der Waals surface area contributed by atoms with Crippen molar-refractivity contribution in [3.8, 4) is 0 Å². The number of amides is 1. The maximum Gasteiger partial charge on any atom is 0.227 e. The van der Waals surface area contributed by atoms with Gasteiger partial charge < -0.3 is 10.6 Å². The van der Waals surface area contributed by atoms with Crippen LogP contribution in [0.3, 0.4) is 0 Å². The number of hydrogen-bond donors (Lipinski definition) is 1. The molecule has 0 bridgehead atoms. The van der Waals surface area contributed by atoms with Crippen molar-refractivity contribution in [3.05, 3.63) is 29.8 Å². The van der Waals surface area contributed by atoms with Gasteiger partial charge in [0.1, 0.15) is 0 Å². The summed E-state index contributed by atoms with van der Waals surface area (Å²) in [5, 5.41) is 0. The van der Waals surface area contributed by atoms with Gasteiger partial charge in [-0.25, -0.2) is 0 Å². The molecule has 2 N–H and O–H groups in total. The Morgan fingerprint density at radius 3 is 2.75 bits per heavy atom. The molecule has 1 atom stereocenters. The van der Waals surface area contributed by atoms with Crippen LogP contribution in [0.15, 0.2) is 24.3 Å². The van der Waals surface area contributed by atoms with E-state index in [1.807, 2.05) is 17.0 Å². The van der Waals surface area contributed by atoms with Gasteiger partial charge in [-0.1, -0.05) is 32.0 Å². The topological polar surface area (TPSA) is 46.3 Å². The average molecular weight is 274 g/mol. The molecular formula is C17H26N2O. The first-order valence-corrected chi connectivity index (χ1v) is 7.71. The zero-order valence-corrected chi connectivity index (χ0v) is 12.6. The monoisotopic (exact) mass is 274 g/mol. The lowest BCUT2D eigenvalue weighted by Crippen LogP contribution is -2.29. The van der Waals surface area contributed by atoms with Gasteiger partial charge in [-0.2, -0.15) is 0 Å². The second-order valence-corrected chi connectivity index (χ2v) is 6.04. The first-order chi connectivity index (χ1) is 9.63. The lowest BCUT2D eigenvalue weighted by Gasteiger charge is -2.22. The maximum atomic E-state index is 12.4. The molecule has 3 heteroatoms. The fraction of sp³-hybridized carbons (Fsp3) is 0.588. The number of rotatable bonds is 6. The van der Waals surface area contributed by atoms with E-state index >= 15 is 0 Å². The highest BCUT2D eigenvalue weighted by Gasteiger charge is 2.24. The molecule has 1 aromatic rings. The first-order valence-electron chi connectivity index (χ1n) is 7.71. The number of anilines is 1. The van der Waals surface area contributed by atoms with Crippen molar-refractivity contribution in [1.82, 2.24) is 0 Å². The molecule has 0 aliphatic carbocycles. The van der Waals surface area contributed by atoms with Crippen molar-refractivity contribution in [2.75, 3.05) is 18.0 Å². The molecule has 1 unspecified atom stereocenters. The SMILES string of the molecule is CC(C)C(CCN)CCC(=O)N1CCc2ccccc21. The smallest absolute Gasteiger partial charge is 0.227 e. The number of benzene rings is 1. The van der Waals surface area contributed by atoms with Crippen LogP contribution in [0.5, 0.6) is 0 Å². The van der Waals surface area contributed by atoms with Crippen molar-refractivity contribution in [1.29, 1.82) is 0 Å². The molecule has 1 aliphatic heterocycles. The van der Waals surface area contributed by atoms with Gasteiger partial charge in [0.25, 0.3) is 0 Å². The third-order valence-corrected chi connectivity index (χ3v) is 4.40. The number of carbonyl (C=O) groups excluding carboxylic acids is 1. The second kappa shape index (κ2) is 6.89. The Morgan fingerprint density at radius 1 is 1.30 bits per heavy atom. The van der Waals surface area contributed by atoms with E-state index in [0.717, 1.165) is 31.5 Å². The lowest BCUT2D eigenvalue weighted by atomic mass is 9.88. The van der Waals surface area contributed by atoms with E-state index in [1.54, 1.807) is 0 Å². The van der Waals surface area contributed by atoms with E-state index in [4.69, 9.17) is 5.73 Å². The Balaban J connectivity index is 1.93. The predicted molar refractivity (Wildman–Crippen MR) is 83.7 cm³/mol. The van der Waals surface area contributed by atoms with Gasteiger partial charge in [0.15, 0.2) is 0 Å². The van der Waals surface area contributed by atoms with E-state index < -0.39 is 0 Å². The summed E-state index contributed by atoms with van der Waals surface area (Å²) in [5.41, 5.74) is 8.07. The zero-order valence-electron chi connectivity index (χ0n) is 12.6. The Bertz CT molecular complexity index is 456. The summed E-state index contributed by atoms with van der Waals surface area (Å²) in [5.74, 6) is 1.41. The number of para-hydroxylation sites is 1. The van der Waals surface area contributed by atoms with Crippen molar-refractivity contribution in [2.45, 2.75) is 39.5 Å². The van der Waals surface area contributed by atoms with Crippen molar-refractivity contribution < 1.29 is 4.79 Å². The second-order valence-electron chi connectivity index (χ2n) is 6.04. The third-order valence-electron chi connectivity index (χ3n) is 4.40. The normalized spacial score (nSPS) is 15.5. The van der Waals surface area contributed by atoms with Gasteiger partial charge >= 0.3 is 0 Å². The molecule has 0 fully saturated rings. The molecule has 110 valence electrons. The summed E-state index contributed by atoms with van der Waals surface area (Å²) in [6, 6.07) is 8.23. The maximum absolute atomic E-state index is 12.4.